The van der Waals surface area contributed by atoms with E-state index in [2.05, 4.69) is 15.7 Å². The molecule has 3 aromatic rings. The van der Waals surface area contributed by atoms with Crippen LogP contribution in [0.4, 0.5) is 24.7 Å². The molecule has 2 aliphatic heterocycles. The predicted molar refractivity (Wildman–Crippen MR) is 115 cm³/mol. The summed E-state index contributed by atoms with van der Waals surface area (Å²) in [6.07, 6.45) is -4.83. The summed E-state index contributed by atoms with van der Waals surface area (Å²) < 4.78 is 53.3. The van der Waals surface area contributed by atoms with Gasteiger partial charge in [0.15, 0.2) is 23.2 Å². The highest BCUT2D eigenvalue weighted by atomic mass is 19.4. The Morgan fingerprint density at radius 3 is 2.73 bits per heavy atom. The fourth-order valence-corrected chi connectivity index (χ4v) is 4.11. The molecule has 33 heavy (non-hydrogen) atoms. The number of alkyl halides is 3. The predicted octanol–water partition coefficient (Wildman–Crippen LogP) is 5.14. The highest BCUT2D eigenvalue weighted by molar-refractivity contribution is 6.03. The van der Waals surface area contributed by atoms with Crippen molar-refractivity contribution >= 4 is 17.4 Å². The van der Waals surface area contributed by atoms with Crippen LogP contribution in [0.1, 0.15) is 45.7 Å². The minimum Gasteiger partial charge on any atom is -0.454 e. The van der Waals surface area contributed by atoms with E-state index in [0.29, 0.717) is 22.7 Å². The number of amides is 1. The second kappa shape index (κ2) is 7.72. The highest BCUT2D eigenvalue weighted by Crippen LogP contribution is 2.45. The Morgan fingerprint density at radius 2 is 1.94 bits per heavy atom. The number of carbonyl (C=O) groups is 1. The number of aromatic nitrogens is 2. The number of carbonyl (C=O) groups excluding carboxylic acids is 1. The first kappa shape index (κ1) is 21.2. The van der Waals surface area contributed by atoms with Gasteiger partial charge >= 0.3 is 6.18 Å². The molecule has 0 spiro atoms. The second-order valence-electron chi connectivity index (χ2n) is 8.16. The highest BCUT2D eigenvalue weighted by Gasteiger charge is 2.47. The lowest BCUT2D eigenvalue weighted by atomic mass is 9.96. The van der Waals surface area contributed by atoms with Gasteiger partial charge in [-0.05, 0) is 48.7 Å². The molecule has 1 amide bonds. The average molecular weight is 458 g/mol. The summed E-state index contributed by atoms with van der Waals surface area (Å²) in [5.74, 6) is 0.591. The number of hydrogen-bond donors (Lipinski definition) is 2. The molecule has 0 saturated heterocycles. The summed E-state index contributed by atoms with van der Waals surface area (Å²) in [6, 6.07) is 9.32. The van der Waals surface area contributed by atoms with Crippen LogP contribution in [0.25, 0.3) is 0 Å². The number of nitrogens with one attached hydrogen (secondary N) is 2. The van der Waals surface area contributed by atoms with Crippen LogP contribution >= 0.6 is 0 Å². The van der Waals surface area contributed by atoms with Gasteiger partial charge in [0.1, 0.15) is 5.82 Å². The lowest BCUT2D eigenvalue weighted by Gasteiger charge is -2.33. The van der Waals surface area contributed by atoms with Crippen LogP contribution in [-0.2, 0) is 0 Å². The van der Waals surface area contributed by atoms with Crippen LogP contribution < -0.4 is 20.1 Å². The van der Waals surface area contributed by atoms with E-state index in [-0.39, 0.29) is 24.7 Å². The van der Waals surface area contributed by atoms with Gasteiger partial charge in [-0.25, -0.2) is 4.68 Å². The fourth-order valence-electron chi connectivity index (χ4n) is 4.11. The molecule has 3 heterocycles. The first-order chi connectivity index (χ1) is 15.7. The minimum absolute atomic E-state index is 0.0771. The van der Waals surface area contributed by atoms with Crippen molar-refractivity contribution in [2.24, 2.45) is 0 Å². The van der Waals surface area contributed by atoms with Gasteiger partial charge in [-0.3, -0.25) is 4.79 Å². The van der Waals surface area contributed by atoms with Gasteiger partial charge in [-0.1, -0.05) is 18.2 Å². The van der Waals surface area contributed by atoms with E-state index in [4.69, 9.17) is 9.47 Å². The summed E-state index contributed by atoms with van der Waals surface area (Å²) in [7, 11) is 0. The van der Waals surface area contributed by atoms with Crippen molar-refractivity contribution in [3.8, 4) is 11.5 Å². The normalized spacial score (nSPS) is 19.1. The lowest BCUT2D eigenvalue weighted by Crippen LogP contribution is -2.35. The summed E-state index contributed by atoms with van der Waals surface area (Å²) in [5, 5.41) is 9.85. The Hall–Kier alpha value is -3.69. The van der Waals surface area contributed by atoms with Gasteiger partial charge in [0.2, 0.25) is 6.79 Å². The van der Waals surface area contributed by atoms with Crippen LogP contribution in [0.15, 0.2) is 42.5 Å². The Labute approximate surface area is 187 Å². The summed E-state index contributed by atoms with van der Waals surface area (Å²) in [6.45, 7) is 3.85. The van der Waals surface area contributed by atoms with E-state index >= 15 is 0 Å². The number of rotatable bonds is 3. The number of anilines is 2. The molecular weight excluding hydrogens is 437 g/mol. The Kier molecular flexibility index (Phi) is 4.95. The van der Waals surface area contributed by atoms with Gasteiger partial charge < -0.3 is 20.1 Å². The van der Waals surface area contributed by atoms with E-state index in [1.807, 2.05) is 19.9 Å². The molecule has 0 unspecified atom stereocenters. The molecule has 172 valence electrons. The smallest absolute Gasteiger partial charge is 0.410 e. The maximum atomic E-state index is 13.9. The molecule has 2 N–H and O–H groups in total. The van der Waals surface area contributed by atoms with Crippen molar-refractivity contribution in [3.63, 3.8) is 0 Å². The monoisotopic (exact) mass is 458 g/mol. The third-order valence-corrected chi connectivity index (χ3v) is 6.07. The van der Waals surface area contributed by atoms with Crippen LogP contribution in [0.5, 0.6) is 11.5 Å². The molecule has 0 bridgehead atoms. The van der Waals surface area contributed by atoms with E-state index in [9.17, 15) is 18.0 Å². The first-order valence-corrected chi connectivity index (χ1v) is 10.4. The number of halogens is 3. The van der Waals surface area contributed by atoms with Gasteiger partial charge in [-0.2, -0.15) is 18.3 Å². The van der Waals surface area contributed by atoms with Gasteiger partial charge in [-0.15, -0.1) is 0 Å². The van der Waals surface area contributed by atoms with Crippen LogP contribution in [0.3, 0.4) is 0 Å². The minimum atomic E-state index is -4.54. The van der Waals surface area contributed by atoms with Crippen LogP contribution in [0.2, 0.25) is 0 Å². The molecule has 5 rings (SSSR count). The van der Waals surface area contributed by atoms with Crippen LogP contribution in [0, 0.1) is 13.8 Å². The van der Waals surface area contributed by atoms with E-state index < -0.39 is 24.2 Å². The van der Waals surface area contributed by atoms with Crippen molar-refractivity contribution in [1.29, 1.82) is 0 Å². The van der Waals surface area contributed by atoms with Crippen molar-refractivity contribution in [2.45, 2.75) is 38.5 Å². The largest absolute Gasteiger partial charge is 0.454 e. The van der Waals surface area contributed by atoms with E-state index in [1.165, 1.54) is 6.07 Å². The van der Waals surface area contributed by atoms with Gasteiger partial charge in [0, 0.05) is 18.2 Å². The van der Waals surface area contributed by atoms with Crippen molar-refractivity contribution in [1.82, 2.24) is 9.78 Å². The standard InChI is InChI=1S/C23H21F3N4O3/c1-12-4-3-5-15(13(12)2)28-22(31)17-10-21-27-16(9-20(23(24,25)26)30(21)29-17)14-6-7-18-19(8-14)33-11-32-18/h3-8,10,16,20,27H,9,11H2,1-2H3,(H,28,31)/t16-,20+/m1/s1. The molecule has 0 saturated carbocycles. The maximum Gasteiger partial charge on any atom is 0.410 e. The zero-order valence-corrected chi connectivity index (χ0v) is 17.9. The summed E-state index contributed by atoms with van der Waals surface area (Å²) in [4.78, 5) is 12.8. The second-order valence-corrected chi connectivity index (χ2v) is 8.16. The topological polar surface area (TPSA) is 77.4 Å². The summed E-state index contributed by atoms with van der Waals surface area (Å²) in [5.41, 5.74) is 2.98. The Balaban J connectivity index is 1.45. The number of fused-ring (bicyclic) bond motifs is 2. The molecule has 2 aromatic carbocycles. The molecule has 7 nitrogen and oxygen atoms in total. The number of nitrogens with zero attached hydrogens (tertiary/aromatic N) is 2. The quantitative estimate of drug-likeness (QED) is 0.568. The Bertz CT molecular complexity index is 1240. The van der Waals surface area contributed by atoms with Gasteiger partial charge in [0.25, 0.3) is 5.91 Å². The zero-order chi connectivity index (χ0) is 23.3. The fraction of sp³-hybridized carbons (Fsp3) is 0.304. The third kappa shape index (κ3) is 3.85. The molecule has 0 fully saturated rings. The van der Waals surface area contributed by atoms with E-state index in [1.54, 1.807) is 30.3 Å². The number of hydrogen-bond acceptors (Lipinski definition) is 5. The molecule has 1 aromatic heterocycles. The van der Waals surface area contributed by atoms with Crippen molar-refractivity contribution < 1.29 is 27.4 Å². The van der Waals surface area contributed by atoms with Crippen LogP contribution in [-0.4, -0.2) is 28.7 Å². The molecule has 2 atom stereocenters. The molecule has 10 heteroatoms. The Morgan fingerprint density at radius 1 is 1.15 bits per heavy atom. The number of ether oxygens (including phenoxy) is 2. The molecule has 0 aliphatic carbocycles. The maximum absolute atomic E-state index is 13.9. The molecule has 2 aliphatic rings. The van der Waals surface area contributed by atoms with E-state index in [0.717, 1.165) is 15.8 Å². The zero-order valence-electron chi connectivity index (χ0n) is 17.9. The van der Waals surface area contributed by atoms with Crippen molar-refractivity contribution in [2.75, 3.05) is 17.4 Å². The molecule has 0 radical (unpaired) electrons. The SMILES string of the molecule is Cc1cccc(NC(=O)c2cc3n(n2)[C@H](C(F)(F)F)C[C@H](c2ccc4c(c2)OCO4)N3)c1C. The average Bonchev–Trinajstić information content (AvgIpc) is 3.41. The lowest BCUT2D eigenvalue weighted by molar-refractivity contribution is -0.173. The first-order valence-electron chi connectivity index (χ1n) is 10.4. The van der Waals surface area contributed by atoms with Gasteiger partial charge in [0.05, 0.1) is 6.04 Å². The molecular formula is C23H21F3N4O3. The van der Waals surface area contributed by atoms with Crippen molar-refractivity contribution in [3.05, 3.63) is 64.8 Å². The number of aryl methyl sites for hydroxylation is 1. The summed E-state index contributed by atoms with van der Waals surface area (Å²) >= 11 is 0. The third-order valence-electron chi connectivity index (χ3n) is 6.07. The number of benzene rings is 2.